The molecule has 6 rings (SSSR count). The van der Waals surface area contributed by atoms with Gasteiger partial charge in [-0.15, -0.1) is 6.58 Å². The molecule has 1 aliphatic heterocycles. The number of methoxy groups -OCH3 is 1. The number of nitrogens with one attached hydrogen (secondary N) is 2. The molecule has 3 N–H and O–H groups in total. The molecule has 0 spiro atoms. The van der Waals surface area contributed by atoms with E-state index in [2.05, 4.69) is 17.2 Å². The Bertz CT molecular complexity index is 2070. The zero-order valence-electron chi connectivity index (χ0n) is 33.5. The average molecular weight is 804 g/mol. The number of rotatable bonds is 13. The molecule has 57 heavy (non-hydrogen) atoms. The summed E-state index contributed by atoms with van der Waals surface area (Å²) in [5, 5.41) is 4.66. The van der Waals surface area contributed by atoms with Crippen LogP contribution in [0.4, 0.5) is 4.79 Å². The highest BCUT2D eigenvalue weighted by atomic mass is 31.2. The second-order valence-corrected chi connectivity index (χ2v) is 19.1. The van der Waals surface area contributed by atoms with Crippen molar-refractivity contribution < 1.29 is 42.8 Å². The van der Waals surface area contributed by atoms with Crippen molar-refractivity contribution in [1.29, 1.82) is 0 Å². The third-order valence-corrected chi connectivity index (χ3v) is 13.8. The molecule has 3 aromatic rings. The number of fused-ring (bicyclic) bond motifs is 1. The number of ether oxygens (including phenoxy) is 3. The van der Waals surface area contributed by atoms with Gasteiger partial charge in [-0.05, 0) is 49.7 Å². The molecule has 2 aliphatic carbocycles. The predicted molar refractivity (Wildman–Crippen MR) is 216 cm³/mol. The topological polar surface area (TPSA) is 177 Å². The van der Waals surface area contributed by atoms with Crippen molar-refractivity contribution in [2.75, 3.05) is 33.9 Å². The number of alkyl carbamates (subject to hydrolysis) is 1. The summed E-state index contributed by atoms with van der Waals surface area (Å²) >= 11 is 0. The maximum atomic E-state index is 14.7. The molecule has 15 heteroatoms. The smallest absolute Gasteiger partial charge is 0.408 e. The molecule has 306 valence electrons. The van der Waals surface area contributed by atoms with E-state index in [1.54, 1.807) is 19.2 Å². The molecule has 0 radical (unpaired) electrons. The standard InChI is InChI=1S/C42H54N5O9P/c1-8-27-23-42(27,57(52,53)25-36(48)46(5)6)45-38(49)34-21-30(24-47(34)39(50)37(41(2,3)4)44-40(51)56-28-16-12-13-17-28)55-35-22-32(26-14-10-9-11-15-26)43-33-20-29(54-7)18-19-31(33)35/h8-11,14-15,18-20,22,27-28,30,34,37H,1,12-13,16-17,21,23-25H2,2-7H3,(H,44,51)(H,45,49)(H,52,53)/t27-,30-,34+,37?,42+/m1/s1. The van der Waals surface area contributed by atoms with Crippen molar-refractivity contribution in [2.45, 2.75) is 88.9 Å². The molecule has 2 saturated carbocycles. The van der Waals surface area contributed by atoms with Gasteiger partial charge in [0.25, 0.3) is 0 Å². The predicted octanol–water partition coefficient (Wildman–Crippen LogP) is 5.72. The Hall–Kier alpha value is -4.94. The van der Waals surface area contributed by atoms with E-state index in [0.717, 1.165) is 31.2 Å². The van der Waals surface area contributed by atoms with E-state index in [-0.39, 0.29) is 25.5 Å². The molecule has 2 unspecified atom stereocenters. The van der Waals surface area contributed by atoms with Gasteiger partial charge in [0.15, 0.2) is 0 Å². The first kappa shape index (κ1) is 41.7. The first-order valence-electron chi connectivity index (χ1n) is 19.4. The highest BCUT2D eigenvalue weighted by Crippen LogP contribution is 2.69. The summed E-state index contributed by atoms with van der Waals surface area (Å²) < 4.78 is 31.8. The van der Waals surface area contributed by atoms with Crippen molar-refractivity contribution in [1.82, 2.24) is 25.4 Å². The van der Waals surface area contributed by atoms with Gasteiger partial charge in [0.1, 0.15) is 47.2 Å². The molecular weight excluding hydrogens is 749 g/mol. The van der Waals surface area contributed by atoms with Gasteiger partial charge in [-0.3, -0.25) is 18.9 Å². The zero-order valence-corrected chi connectivity index (χ0v) is 34.4. The first-order valence-corrected chi connectivity index (χ1v) is 21.3. The van der Waals surface area contributed by atoms with E-state index < -0.39 is 72.1 Å². The van der Waals surface area contributed by atoms with E-state index in [0.29, 0.717) is 28.1 Å². The van der Waals surface area contributed by atoms with Gasteiger partial charge in [0.05, 0.1) is 24.9 Å². The maximum absolute atomic E-state index is 14.7. The van der Waals surface area contributed by atoms with Crippen molar-refractivity contribution in [3.63, 3.8) is 0 Å². The Morgan fingerprint density at radius 3 is 2.40 bits per heavy atom. The summed E-state index contributed by atoms with van der Waals surface area (Å²) in [5.74, 6) is -1.27. The van der Waals surface area contributed by atoms with Gasteiger partial charge < -0.3 is 39.5 Å². The fraction of sp³-hybridized carbons (Fsp3) is 0.500. The van der Waals surface area contributed by atoms with E-state index in [9.17, 15) is 28.6 Å². The van der Waals surface area contributed by atoms with Crippen LogP contribution in [0.25, 0.3) is 22.2 Å². The molecule has 2 heterocycles. The van der Waals surface area contributed by atoms with Crippen LogP contribution >= 0.6 is 7.37 Å². The van der Waals surface area contributed by atoms with Gasteiger partial charge in [-0.2, -0.15) is 0 Å². The molecule has 1 saturated heterocycles. The molecule has 4 amide bonds. The lowest BCUT2D eigenvalue weighted by Crippen LogP contribution is -2.58. The third-order valence-electron chi connectivity index (χ3n) is 11.2. The fourth-order valence-corrected chi connectivity index (χ4v) is 10.1. The average Bonchev–Trinajstić information content (AvgIpc) is 3.43. The number of amides is 4. The zero-order chi connectivity index (χ0) is 41.3. The van der Waals surface area contributed by atoms with Gasteiger partial charge >= 0.3 is 6.09 Å². The summed E-state index contributed by atoms with van der Waals surface area (Å²) in [7, 11) is 0.205. The van der Waals surface area contributed by atoms with E-state index in [1.165, 1.54) is 30.0 Å². The maximum Gasteiger partial charge on any atom is 0.408 e. The van der Waals surface area contributed by atoms with Crippen molar-refractivity contribution in [3.05, 3.63) is 67.3 Å². The van der Waals surface area contributed by atoms with E-state index in [4.69, 9.17) is 19.2 Å². The van der Waals surface area contributed by atoms with Crippen LogP contribution in [0.3, 0.4) is 0 Å². The number of carbonyl (C=O) groups is 4. The van der Waals surface area contributed by atoms with Crippen LogP contribution in [0.1, 0.15) is 59.3 Å². The summed E-state index contributed by atoms with van der Waals surface area (Å²) in [6.07, 6.45) is 2.67. The Balaban J connectivity index is 1.35. The summed E-state index contributed by atoms with van der Waals surface area (Å²) in [6.45, 7) is 9.19. The summed E-state index contributed by atoms with van der Waals surface area (Å²) in [5.41, 5.74) is 1.29. The largest absolute Gasteiger partial charge is 0.497 e. The van der Waals surface area contributed by atoms with Crippen LogP contribution < -0.4 is 20.1 Å². The van der Waals surface area contributed by atoms with Gasteiger partial charge in [0, 0.05) is 49.5 Å². The molecule has 14 nitrogen and oxygen atoms in total. The van der Waals surface area contributed by atoms with Crippen molar-refractivity contribution >= 4 is 42.1 Å². The lowest BCUT2D eigenvalue weighted by atomic mass is 9.85. The Morgan fingerprint density at radius 1 is 1.09 bits per heavy atom. The summed E-state index contributed by atoms with van der Waals surface area (Å²) in [6, 6.07) is 14.6. The number of hydrogen-bond acceptors (Lipinski definition) is 9. The minimum atomic E-state index is -4.34. The fourth-order valence-electron chi connectivity index (χ4n) is 7.79. The Kier molecular flexibility index (Phi) is 12.1. The molecular formula is C42H54N5O9P. The second kappa shape index (κ2) is 16.5. The summed E-state index contributed by atoms with van der Waals surface area (Å²) in [4.78, 5) is 74.0. The third kappa shape index (κ3) is 8.97. The van der Waals surface area contributed by atoms with Crippen LogP contribution in [0.2, 0.25) is 0 Å². The SMILES string of the molecule is C=C[C@@H]1C[C@]1(NC(=O)[C@@H]1C[C@@H](Oc2cc(-c3ccccc3)nc3cc(OC)ccc23)CN1C(=O)C(NC(=O)OC1CCCC1)C(C)(C)C)P(=O)(O)CC(=O)N(C)C. The van der Waals surface area contributed by atoms with Crippen molar-refractivity contribution in [2.24, 2.45) is 11.3 Å². The molecule has 0 bridgehead atoms. The van der Waals surface area contributed by atoms with Crippen molar-refractivity contribution in [3.8, 4) is 22.8 Å². The minimum absolute atomic E-state index is 0.0167. The molecule has 1 aromatic heterocycles. The van der Waals surface area contributed by atoms with Gasteiger partial charge in [-0.25, -0.2) is 9.78 Å². The number of pyridine rings is 1. The van der Waals surface area contributed by atoms with Gasteiger partial charge in [-0.1, -0.05) is 57.2 Å². The van der Waals surface area contributed by atoms with Crippen LogP contribution in [0.15, 0.2) is 67.3 Å². The monoisotopic (exact) mass is 803 g/mol. The highest BCUT2D eigenvalue weighted by molar-refractivity contribution is 7.61. The number of benzene rings is 2. The first-order chi connectivity index (χ1) is 27.0. The second-order valence-electron chi connectivity index (χ2n) is 16.6. The quantitative estimate of drug-likeness (QED) is 0.143. The molecule has 3 aliphatic rings. The normalized spacial score (nSPS) is 23.6. The Labute approximate surface area is 333 Å². The van der Waals surface area contributed by atoms with Crippen LogP contribution in [-0.2, 0) is 23.7 Å². The number of nitrogens with zero attached hydrogens (tertiary/aromatic N) is 3. The Morgan fingerprint density at radius 2 is 1.79 bits per heavy atom. The molecule has 6 atom stereocenters. The highest BCUT2D eigenvalue weighted by Gasteiger charge is 2.66. The number of carbonyl (C=O) groups excluding carboxylic acids is 4. The van der Waals surface area contributed by atoms with Crippen LogP contribution in [0, 0.1) is 11.3 Å². The van der Waals surface area contributed by atoms with E-state index >= 15 is 0 Å². The number of likely N-dealkylation sites (tertiary alicyclic amines) is 1. The molecule has 2 aromatic carbocycles. The van der Waals surface area contributed by atoms with Crippen LogP contribution in [-0.4, -0.2) is 107 Å². The minimum Gasteiger partial charge on any atom is -0.497 e. The lowest BCUT2D eigenvalue weighted by molar-refractivity contribution is -0.142. The molecule has 3 fully saturated rings. The number of aromatic nitrogens is 1. The van der Waals surface area contributed by atoms with E-state index in [1.807, 2.05) is 63.2 Å². The van der Waals surface area contributed by atoms with Crippen LogP contribution in [0.5, 0.6) is 11.5 Å². The lowest BCUT2D eigenvalue weighted by Gasteiger charge is -2.36. The van der Waals surface area contributed by atoms with Gasteiger partial charge in [0.2, 0.25) is 25.1 Å². The number of hydrogen-bond donors (Lipinski definition) is 3.